The lowest BCUT2D eigenvalue weighted by molar-refractivity contribution is 0.207. The quantitative estimate of drug-likeness (QED) is 0.765. The molecule has 88 valence electrons. The molecule has 1 aliphatic carbocycles. The van der Waals surface area contributed by atoms with Crippen LogP contribution in [-0.4, -0.2) is 37.1 Å². The Balaban J connectivity index is 1.73. The van der Waals surface area contributed by atoms with E-state index < -0.39 is 0 Å². The number of nitrogens with zero attached hydrogens (tertiary/aromatic N) is 1. The van der Waals surface area contributed by atoms with Crippen LogP contribution in [0.4, 0.5) is 0 Å². The highest BCUT2D eigenvalue weighted by Gasteiger charge is 2.31. The summed E-state index contributed by atoms with van der Waals surface area (Å²) in [6.45, 7) is 4.88. The van der Waals surface area contributed by atoms with Crippen LogP contribution >= 0.6 is 0 Å². The normalized spacial score (nSPS) is 30.2. The van der Waals surface area contributed by atoms with Crippen molar-refractivity contribution >= 4 is 0 Å². The largest absolute Gasteiger partial charge is 0.313 e. The topological polar surface area (TPSA) is 15.3 Å². The van der Waals surface area contributed by atoms with Crippen LogP contribution < -0.4 is 5.32 Å². The van der Waals surface area contributed by atoms with Crippen LogP contribution in [-0.2, 0) is 0 Å². The summed E-state index contributed by atoms with van der Waals surface area (Å²) >= 11 is 0. The summed E-state index contributed by atoms with van der Waals surface area (Å²) in [5, 5.41) is 3.69. The van der Waals surface area contributed by atoms with Gasteiger partial charge < -0.3 is 10.2 Å². The summed E-state index contributed by atoms with van der Waals surface area (Å²) in [5.74, 6) is 1.00. The van der Waals surface area contributed by atoms with Crippen molar-refractivity contribution in [3.05, 3.63) is 0 Å². The Hall–Kier alpha value is -0.0800. The lowest BCUT2D eigenvalue weighted by atomic mass is 10.1. The molecule has 1 N–H and O–H groups in total. The third-order valence-electron chi connectivity index (χ3n) is 4.17. The lowest BCUT2D eigenvalue weighted by Gasteiger charge is -2.29. The molecule has 2 fully saturated rings. The first-order valence-corrected chi connectivity index (χ1v) is 6.71. The van der Waals surface area contributed by atoms with Crippen LogP contribution in [0.25, 0.3) is 0 Å². The summed E-state index contributed by atoms with van der Waals surface area (Å²) in [6, 6.07) is 1.55. The summed E-state index contributed by atoms with van der Waals surface area (Å²) in [7, 11) is 2.30. The smallest absolute Gasteiger partial charge is 0.0195 e. The van der Waals surface area contributed by atoms with Gasteiger partial charge in [0.2, 0.25) is 0 Å². The standard InChI is InChI=1S/C13H26N2/c1-11(12-7-8-12)15(2)10-13-6-4-3-5-9-14-13/h11-14H,3-10H2,1-2H3. The molecule has 2 atom stereocenters. The van der Waals surface area contributed by atoms with E-state index in [9.17, 15) is 0 Å². The number of likely N-dealkylation sites (N-methyl/N-ethyl adjacent to an activating group) is 1. The second-order valence-electron chi connectivity index (χ2n) is 5.52. The number of rotatable bonds is 4. The summed E-state index contributed by atoms with van der Waals surface area (Å²) in [6.07, 6.45) is 8.52. The minimum atomic E-state index is 0.749. The van der Waals surface area contributed by atoms with E-state index >= 15 is 0 Å². The van der Waals surface area contributed by atoms with Gasteiger partial charge in [-0.2, -0.15) is 0 Å². The van der Waals surface area contributed by atoms with Gasteiger partial charge in [-0.3, -0.25) is 0 Å². The third kappa shape index (κ3) is 3.46. The summed E-state index contributed by atoms with van der Waals surface area (Å²) in [5.41, 5.74) is 0. The second-order valence-corrected chi connectivity index (χ2v) is 5.52. The van der Waals surface area contributed by atoms with Gasteiger partial charge in [0.25, 0.3) is 0 Å². The molecule has 15 heavy (non-hydrogen) atoms. The van der Waals surface area contributed by atoms with Gasteiger partial charge in [-0.15, -0.1) is 0 Å². The van der Waals surface area contributed by atoms with Crippen molar-refractivity contribution in [1.29, 1.82) is 0 Å². The first kappa shape index (κ1) is 11.4. The van der Waals surface area contributed by atoms with E-state index in [4.69, 9.17) is 0 Å². The molecule has 1 saturated carbocycles. The minimum absolute atomic E-state index is 0.749. The average molecular weight is 210 g/mol. The molecule has 0 aromatic carbocycles. The molecule has 1 aliphatic heterocycles. The fourth-order valence-electron chi connectivity index (χ4n) is 2.71. The zero-order chi connectivity index (χ0) is 10.7. The highest BCUT2D eigenvalue weighted by Crippen LogP contribution is 2.34. The molecule has 0 aromatic rings. The molecule has 2 nitrogen and oxygen atoms in total. The van der Waals surface area contributed by atoms with Crippen LogP contribution in [0.15, 0.2) is 0 Å². The fourth-order valence-corrected chi connectivity index (χ4v) is 2.71. The van der Waals surface area contributed by atoms with Gasteiger partial charge in [-0.1, -0.05) is 12.8 Å². The van der Waals surface area contributed by atoms with Crippen LogP contribution in [0, 0.1) is 5.92 Å². The highest BCUT2D eigenvalue weighted by atomic mass is 15.2. The first-order chi connectivity index (χ1) is 7.27. The number of nitrogens with one attached hydrogen (secondary N) is 1. The van der Waals surface area contributed by atoms with E-state index in [-0.39, 0.29) is 0 Å². The van der Waals surface area contributed by atoms with Gasteiger partial charge in [0.15, 0.2) is 0 Å². The molecule has 0 radical (unpaired) electrons. The second kappa shape index (κ2) is 5.31. The molecule has 0 bridgehead atoms. The first-order valence-electron chi connectivity index (χ1n) is 6.71. The maximum Gasteiger partial charge on any atom is 0.0195 e. The molecule has 0 aromatic heterocycles. The fraction of sp³-hybridized carbons (Fsp3) is 1.00. The van der Waals surface area contributed by atoms with E-state index in [1.165, 1.54) is 51.6 Å². The van der Waals surface area contributed by atoms with Crippen LogP contribution in [0.3, 0.4) is 0 Å². The van der Waals surface area contributed by atoms with Crippen molar-refractivity contribution in [3.8, 4) is 0 Å². The maximum absolute atomic E-state index is 3.69. The van der Waals surface area contributed by atoms with Crippen LogP contribution in [0.5, 0.6) is 0 Å². The van der Waals surface area contributed by atoms with E-state index in [0.717, 1.165) is 18.0 Å². The molecule has 2 unspecified atom stereocenters. The van der Waals surface area contributed by atoms with E-state index in [1.807, 2.05) is 0 Å². The molecule has 2 aliphatic rings. The Labute approximate surface area is 94.4 Å². The van der Waals surface area contributed by atoms with E-state index in [2.05, 4.69) is 24.2 Å². The molecule has 1 heterocycles. The highest BCUT2D eigenvalue weighted by molar-refractivity contribution is 4.86. The Morgan fingerprint density at radius 1 is 1.20 bits per heavy atom. The SMILES string of the molecule is CC(C1CC1)N(C)CC1CCCCCN1. The van der Waals surface area contributed by atoms with Gasteiger partial charge in [-0.05, 0) is 52.1 Å². The van der Waals surface area contributed by atoms with Crippen LogP contribution in [0.1, 0.15) is 45.4 Å². The predicted molar refractivity (Wildman–Crippen MR) is 65.1 cm³/mol. The van der Waals surface area contributed by atoms with Crippen LogP contribution in [0.2, 0.25) is 0 Å². The van der Waals surface area contributed by atoms with Crippen molar-refractivity contribution in [2.24, 2.45) is 5.92 Å². The number of hydrogen-bond acceptors (Lipinski definition) is 2. The third-order valence-corrected chi connectivity index (χ3v) is 4.17. The van der Waals surface area contributed by atoms with Crippen molar-refractivity contribution in [2.75, 3.05) is 20.1 Å². The van der Waals surface area contributed by atoms with E-state index in [0.29, 0.717) is 0 Å². The lowest BCUT2D eigenvalue weighted by Crippen LogP contribution is -2.43. The summed E-state index contributed by atoms with van der Waals surface area (Å²) in [4.78, 5) is 2.57. The monoisotopic (exact) mass is 210 g/mol. The Morgan fingerprint density at radius 2 is 2.00 bits per heavy atom. The van der Waals surface area contributed by atoms with Gasteiger partial charge in [0.1, 0.15) is 0 Å². The van der Waals surface area contributed by atoms with Gasteiger partial charge in [0.05, 0.1) is 0 Å². The molecule has 2 rings (SSSR count). The molecular formula is C13H26N2. The number of hydrogen-bond donors (Lipinski definition) is 1. The molecule has 2 heteroatoms. The average Bonchev–Trinajstić information content (AvgIpc) is 3.04. The van der Waals surface area contributed by atoms with Gasteiger partial charge in [-0.25, -0.2) is 0 Å². The van der Waals surface area contributed by atoms with Crippen molar-refractivity contribution in [2.45, 2.75) is 57.5 Å². The molecule has 1 saturated heterocycles. The van der Waals surface area contributed by atoms with E-state index in [1.54, 1.807) is 0 Å². The van der Waals surface area contributed by atoms with Crippen molar-refractivity contribution < 1.29 is 0 Å². The zero-order valence-electron chi connectivity index (χ0n) is 10.3. The minimum Gasteiger partial charge on any atom is -0.313 e. The molecule has 0 amide bonds. The Kier molecular flexibility index (Phi) is 4.04. The molecular weight excluding hydrogens is 184 g/mol. The van der Waals surface area contributed by atoms with Gasteiger partial charge in [0, 0.05) is 18.6 Å². The Morgan fingerprint density at radius 3 is 2.73 bits per heavy atom. The van der Waals surface area contributed by atoms with Crippen molar-refractivity contribution in [3.63, 3.8) is 0 Å². The maximum atomic E-state index is 3.69. The zero-order valence-corrected chi connectivity index (χ0v) is 10.3. The van der Waals surface area contributed by atoms with Crippen molar-refractivity contribution in [1.82, 2.24) is 10.2 Å². The summed E-state index contributed by atoms with van der Waals surface area (Å²) < 4.78 is 0. The Bertz CT molecular complexity index is 181. The van der Waals surface area contributed by atoms with Gasteiger partial charge >= 0.3 is 0 Å². The predicted octanol–water partition coefficient (Wildman–Crippen LogP) is 2.25. The molecule has 0 spiro atoms.